The van der Waals surface area contributed by atoms with Crippen LogP contribution in [-0.4, -0.2) is 25.5 Å². The molecule has 3 rings (SSSR count). The Labute approximate surface area is 126 Å². The Bertz CT molecular complexity index is 720. The highest BCUT2D eigenvalue weighted by Gasteiger charge is 2.16. The fourth-order valence-electron chi connectivity index (χ4n) is 2.51. The van der Waals surface area contributed by atoms with Crippen LogP contribution in [0.5, 0.6) is 0 Å². The molecule has 0 saturated carbocycles. The third-order valence-electron chi connectivity index (χ3n) is 3.74. The fourth-order valence-corrected chi connectivity index (χ4v) is 3.62. The molecule has 1 aliphatic rings. The summed E-state index contributed by atoms with van der Waals surface area (Å²) < 4.78 is 14.3. The van der Waals surface area contributed by atoms with Gasteiger partial charge in [-0.15, -0.1) is 11.3 Å². The lowest BCUT2D eigenvalue weighted by Gasteiger charge is -2.14. The second-order valence-electron chi connectivity index (χ2n) is 5.20. The number of hydrogen-bond donors (Lipinski definition) is 2. The molecule has 0 atom stereocenters. The van der Waals surface area contributed by atoms with Crippen molar-refractivity contribution in [3.63, 3.8) is 0 Å². The zero-order valence-corrected chi connectivity index (χ0v) is 12.6. The summed E-state index contributed by atoms with van der Waals surface area (Å²) in [6, 6.07) is 4.65. The van der Waals surface area contributed by atoms with Crippen LogP contribution in [0, 0.1) is 12.7 Å². The van der Waals surface area contributed by atoms with Crippen LogP contribution in [0.15, 0.2) is 29.8 Å². The van der Waals surface area contributed by atoms with Crippen molar-refractivity contribution in [3.05, 3.63) is 46.1 Å². The number of aryl methyl sites for hydroxylation is 1. The molecular weight excluding hydrogens is 287 g/mol. The number of rotatable bonds is 3. The van der Waals surface area contributed by atoms with Crippen LogP contribution in [-0.2, 0) is 0 Å². The topological polar surface area (TPSA) is 41.1 Å². The number of carbonyl (C=O) groups is 1. The first-order chi connectivity index (χ1) is 10.1. The quantitative estimate of drug-likeness (QED) is 0.856. The van der Waals surface area contributed by atoms with E-state index in [2.05, 4.69) is 16.7 Å². The average Bonchev–Trinajstić information content (AvgIpc) is 2.83. The first-order valence-electron chi connectivity index (χ1n) is 7.00. The molecule has 3 nitrogen and oxygen atoms in total. The molecule has 1 amide bonds. The van der Waals surface area contributed by atoms with Crippen molar-refractivity contribution >= 4 is 27.3 Å². The molecule has 0 spiro atoms. The van der Waals surface area contributed by atoms with Gasteiger partial charge < -0.3 is 10.6 Å². The van der Waals surface area contributed by atoms with Crippen molar-refractivity contribution < 1.29 is 9.18 Å². The smallest absolute Gasteiger partial charge is 0.261 e. The highest BCUT2D eigenvalue weighted by atomic mass is 32.1. The molecular formula is C16H17FN2OS. The van der Waals surface area contributed by atoms with Crippen LogP contribution >= 0.6 is 11.3 Å². The van der Waals surface area contributed by atoms with Gasteiger partial charge in [-0.05, 0) is 49.0 Å². The van der Waals surface area contributed by atoms with Crippen molar-refractivity contribution in [3.8, 4) is 0 Å². The molecule has 0 aliphatic carbocycles. The molecule has 21 heavy (non-hydrogen) atoms. The first kappa shape index (κ1) is 14.2. The Morgan fingerprint density at radius 3 is 3.10 bits per heavy atom. The lowest BCUT2D eigenvalue weighted by Crippen LogP contribution is -2.29. The van der Waals surface area contributed by atoms with Crippen molar-refractivity contribution in [1.29, 1.82) is 0 Å². The monoisotopic (exact) mass is 304 g/mol. The van der Waals surface area contributed by atoms with E-state index in [-0.39, 0.29) is 11.7 Å². The molecule has 1 aliphatic heterocycles. The van der Waals surface area contributed by atoms with Gasteiger partial charge in [0.1, 0.15) is 5.82 Å². The van der Waals surface area contributed by atoms with Crippen LogP contribution in [0.2, 0.25) is 0 Å². The third-order valence-corrected chi connectivity index (χ3v) is 5.01. The summed E-state index contributed by atoms with van der Waals surface area (Å²) in [5, 5.41) is 7.04. The lowest BCUT2D eigenvalue weighted by atomic mass is 10.1. The summed E-state index contributed by atoms with van der Waals surface area (Å²) in [5.74, 6) is -0.344. The van der Waals surface area contributed by atoms with Crippen molar-refractivity contribution in [2.45, 2.75) is 13.3 Å². The number of halogens is 1. The number of amides is 1. The number of fused-ring (bicyclic) bond motifs is 1. The molecule has 1 aromatic heterocycles. The minimum atomic E-state index is -0.268. The second-order valence-corrected chi connectivity index (χ2v) is 6.25. The van der Waals surface area contributed by atoms with Crippen LogP contribution in [0.3, 0.4) is 0 Å². The van der Waals surface area contributed by atoms with E-state index in [1.165, 1.54) is 29.0 Å². The number of benzene rings is 1. The molecule has 2 N–H and O–H groups in total. The van der Waals surface area contributed by atoms with E-state index in [0.29, 0.717) is 11.4 Å². The second kappa shape index (κ2) is 5.95. The highest BCUT2D eigenvalue weighted by molar-refractivity contribution is 7.21. The van der Waals surface area contributed by atoms with E-state index in [9.17, 15) is 9.18 Å². The van der Waals surface area contributed by atoms with E-state index in [1.807, 2.05) is 6.92 Å². The molecule has 110 valence electrons. The number of nitrogens with one attached hydrogen (secondary N) is 2. The summed E-state index contributed by atoms with van der Waals surface area (Å²) in [7, 11) is 0. The Kier molecular flexibility index (Phi) is 4.03. The summed E-state index contributed by atoms with van der Waals surface area (Å²) in [5.41, 5.74) is 2.11. The van der Waals surface area contributed by atoms with E-state index in [4.69, 9.17) is 0 Å². The van der Waals surface area contributed by atoms with Crippen LogP contribution < -0.4 is 10.6 Å². The van der Waals surface area contributed by atoms with Gasteiger partial charge in [0.05, 0.1) is 4.88 Å². The van der Waals surface area contributed by atoms with E-state index < -0.39 is 0 Å². The van der Waals surface area contributed by atoms with E-state index in [1.54, 1.807) is 6.07 Å². The van der Waals surface area contributed by atoms with Crippen molar-refractivity contribution in [2.24, 2.45) is 0 Å². The average molecular weight is 304 g/mol. The summed E-state index contributed by atoms with van der Waals surface area (Å²) in [4.78, 5) is 13.0. The van der Waals surface area contributed by atoms with Gasteiger partial charge in [-0.3, -0.25) is 4.79 Å². The van der Waals surface area contributed by atoms with E-state index >= 15 is 0 Å². The van der Waals surface area contributed by atoms with Gasteiger partial charge >= 0.3 is 0 Å². The molecule has 0 saturated heterocycles. The maximum Gasteiger partial charge on any atom is 0.261 e. The predicted octanol–water partition coefficient (Wildman–Crippen LogP) is 3.00. The largest absolute Gasteiger partial charge is 0.348 e. The van der Waals surface area contributed by atoms with Crippen LogP contribution in [0.4, 0.5) is 4.39 Å². The van der Waals surface area contributed by atoms with Gasteiger partial charge in [-0.25, -0.2) is 4.39 Å². The Balaban J connectivity index is 1.78. The maximum absolute atomic E-state index is 13.3. The van der Waals surface area contributed by atoms with E-state index in [0.717, 1.165) is 35.2 Å². The van der Waals surface area contributed by atoms with Crippen molar-refractivity contribution in [2.75, 3.05) is 19.6 Å². The van der Waals surface area contributed by atoms with Crippen LogP contribution in [0.1, 0.15) is 21.7 Å². The molecule has 1 aromatic carbocycles. The van der Waals surface area contributed by atoms with Crippen LogP contribution in [0.25, 0.3) is 10.1 Å². The molecule has 2 heterocycles. The Morgan fingerprint density at radius 2 is 2.33 bits per heavy atom. The molecule has 0 fully saturated rings. The minimum absolute atomic E-state index is 0.0754. The standard InChI is InChI=1S/C16H17FN2OS/c1-10-13-8-12(17)2-3-14(13)21-15(10)16(20)19-9-11-4-6-18-7-5-11/h2-4,8,18H,5-7,9H2,1H3,(H,19,20). The van der Waals surface area contributed by atoms with Gasteiger partial charge in [-0.2, -0.15) is 0 Å². The molecule has 5 heteroatoms. The van der Waals surface area contributed by atoms with Gasteiger partial charge in [0.15, 0.2) is 0 Å². The van der Waals surface area contributed by atoms with Gasteiger partial charge in [0.2, 0.25) is 0 Å². The lowest BCUT2D eigenvalue weighted by molar-refractivity contribution is 0.0960. The fraction of sp³-hybridized carbons (Fsp3) is 0.312. The van der Waals surface area contributed by atoms with Gasteiger partial charge in [0, 0.05) is 17.8 Å². The Hall–Kier alpha value is -1.72. The SMILES string of the molecule is Cc1c(C(=O)NCC2=CCNCC2)sc2ccc(F)cc12. The zero-order valence-electron chi connectivity index (χ0n) is 11.8. The number of hydrogen-bond acceptors (Lipinski definition) is 3. The maximum atomic E-state index is 13.3. The molecule has 0 unspecified atom stereocenters. The summed E-state index contributed by atoms with van der Waals surface area (Å²) in [6.45, 7) is 4.29. The minimum Gasteiger partial charge on any atom is -0.348 e. The van der Waals surface area contributed by atoms with Gasteiger partial charge in [0.25, 0.3) is 5.91 Å². The highest BCUT2D eigenvalue weighted by Crippen LogP contribution is 2.31. The molecule has 0 radical (unpaired) electrons. The first-order valence-corrected chi connectivity index (χ1v) is 7.82. The molecule has 2 aromatic rings. The molecule has 0 bridgehead atoms. The predicted molar refractivity (Wildman–Crippen MR) is 84.4 cm³/mol. The normalized spacial score (nSPS) is 15.0. The number of thiophene rings is 1. The van der Waals surface area contributed by atoms with Crippen molar-refractivity contribution in [1.82, 2.24) is 10.6 Å². The summed E-state index contributed by atoms with van der Waals surface area (Å²) in [6.07, 6.45) is 3.09. The number of carbonyl (C=O) groups excluding carboxylic acids is 1. The summed E-state index contributed by atoms with van der Waals surface area (Å²) >= 11 is 1.42. The zero-order chi connectivity index (χ0) is 14.8. The third kappa shape index (κ3) is 2.99. The Morgan fingerprint density at radius 1 is 1.48 bits per heavy atom. The van der Waals surface area contributed by atoms with Gasteiger partial charge in [-0.1, -0.05) is 11.6 Å².